The van der Waals surface area contributed by atoms with Crippen LogP contribution in [0.25, 0.3) is 6.08 Å². The van der Waals surface area contributed by atoms with E-state index in [0.29, 0.717) is 26.2 Å². The van der Waals surface area contributed by atoms with Crippen LogP contribution in [0.15, 0.2) is 53.4 Å². The first-order valence-corrected chi connectivity index (χ1v) is 10.1. The average Bonchev–Trinajstić information content (AvgIpc) is 2.97. The van der Waals surface area contributed by atoms with Crippen LogP contribution in [0.5, 0.6) is 5.75 Å². The van der Waals surface area contributed by atoms with Gasteiger partial charge in [0.15, 0.2) is 0 Å². The number of carbonyl (C=O) groups excluding carboxylic acids is 2. The Morgan fingerprint density at radius 2 is 1.83 bits per heavy atom. The van der Waals surface area contributed by atoms with Crippen molar-refractivity contribution >= 4 is 57.8 Å². The maximum atomic E-state index is 12.7. The second kappa shape index (κ2) is 9.55. The van der Waals surface area contributed by atoms with Gasteiger partial charge < -0.3 is 15.2 Å². The van der Waals surface area contributed by atoms with Crippen LogP contribution < -0.4 is 10.1 Å². The summed E-state index contributed by atoms with van der Waals surface area (Å²) in [6, 6.07) is 13.7. The Morgan fingerprint density at radius 3 is 2.43 bits per heavy atom. The number of carbonyl (C=O) groups is 3. The molecule has 0 spiro atoms. The molecular formula is C21H18N2O5S2. The van der Waals surface area contributed by atoms with Crippen molar-refractivity contribution in [3.63, 3.8) is 0 Å². The van der Waals surface area contributed by atoms with Crippen LogP contribution >= 0.6 is 24.0 Å². The first-order chi connectivity index (χ1) is 14.4. The van der Waals surface area contributed by atoms with E-state index in [2.05, 4.69) is 5.32 Å². The molecule has 0 radical (unpaired) electrons. The molecule has 0 saturated carbocycles. The molecule has 7 nitrogen and oxygen atoms in total. The number of thiocarbonyl (C=S) groups is 1. The molecule has 154 valence electrons. The summed E-state index contributed by atoms with van der Waals surface area (Å²) in [4.78, 5) is 37.4. The SMILES string of the molecule is COc1ccc(/C=C2\SC(=S)N(CC(=O)Nc3ccc(CC(=O)O)cc3)C2=O)cc1. The minimum absolute atomic E-state index is 0.0920. The van der Waals surface area contributed by atoms with Crippen LogP contribution in [0.3, 0.4) is 0 Å². The molecule has 0 aromatic heterocycles. The second-order valence-electron chi connectivity index (χ2n) is 6.36. The highest BCUT2D eigenvalue weighted by molar-refractivity contribution is 8.26. The molecule has 3 rings (SSSR count). The third kappa shape index (κ3) is 5.46. The second-order valence-corrected chi connectivity index (χ2v) is 8.03. The molecule has 1 heterocycles. The van der Waals surface area contributed by atoms with E-state index in [1.54, 1.807) is 49.6 Å². The van der Waals surface area contributed by atoms with Gasteiger partial charge in [0.05, 0.1) is 18.4 Å². The monoisotopic (exact) mass is 442 g/mol. The zero-order chi connectivity index (χ0) is 21.7. The summed E-state index contributed by atoms with van der Waals surface area (Å²) in [5.74, 6) is -0.938. The number of benzene rings is 2. The number of methoxy groups -OCH3 is 1. The van der Waals surface area contributed by atoms with Gasteiger partial charge in [-0.05, 0) is 41.5 Å². The van der Waals surface area contributed by atoms with Crippen LogP contribution in [0.2, 0.25) is 0 Å². The number of aliphatic carboxylic acids is 1. The molecule has 1 saturated heterocycles. The van der Waals surface area contributed by atoms with E-state index < -0.39 is 11.9 Å². The highest BCUT2D eigenvalue weighted by atomic mass is 32.2. The number of nitrogens with zero attached hydrogens (tertiary/aromatic N) is 1. The number of carboxylic acids is 1. The summed E-state index contributed by atoms with van der Waals surface area (Å²) < 4.78 is 5.43. The van der Waals surface area contributed by atoms with Gasteiger partial charge >= 0.3 is 5.97 Å². The Bertz CT molecular complexity index is 1020. The fourth-order valence-electron chi connectivity index (χ4n) is 2.71. The van der Waals surface area contributed by atoms with Gasteiger partial charge in [0.1, 0.15) is 16.6 Å². The van der Waals surface area contributed by atoms with Gasteiger partial charge in [-0.15, -0.1) is 0 Å². The van der Waals surface area contributed by atoms with Crippen LogP contribution in [-0.2, 0) is 20.8 Å². The standard InChI is InChI=1S/C21H18N2O5S2/c1-28-16-8-4-13(5-9-16)10-17-20(27)23(21(29)30-17)12-18(24)22-15-6-2-14(3-7-15)11-19(25)26/h2-10H,11-12H2,1H3,(H,22,24)(H,25,26)/b17-10-. The van der Waals surface area contributed by atoms with Gasteiger partial charge in [0, 0.05) is 5.69 Å². The highest BCUT2D eigenvalue weighted by Crippen LogP contribution is 2.32. The van der Waals surface area contributed by atoms with Crippen molar-refractivity contribution in [3.8, 4) is 5.75 Å². The van der Waals surface area contributed by atoms with Crippen molar-refractivity contribution in [2.24, 2.45) is 0 Å². The van der Waals surface area contributed by atoms with E-state index in [9.17, 15) is 14.4 Å². The average molecular weight is 443 g/mol. The summed E-state index contributed by atoms with van der Waals surface area (Å²) in [6.45, 7) is -0.207. The maximum Gasteiger partial charge on any atom is 0.307 e. The number of ether oxygens (including phenoxy) is 1. The van der Waals surface area contributed by atoms with E-state index >= 15 is 0 Å². The van der Waals surface area contributed by atoms with E-state index in [1.807, 2.05) is 12.1 Å². The first kappa shape index (κ1) is 21.5. The third-order valence-corrected chi connectivity index (χ3v) is 5.56. The molecule has 9 heteroatoms. The zero-order valence-electron chi connectivity index (χ0n) is 16.0. The summed E-state index contributed by atoms with van der Waals surface area (Å²) in [6.07, 6.45) is 1.63. The quantitative estimate of drug-likeness (QED) is 0.502. The van der Waals surface area contributed by atoms with Gasteiger partial charge in [0.25, 0.3) is 5.91 Å². The molecule has 2 aromatic carbocycles. The lowest BCUT2D eigenvalue weighted by Crippen LogP contribution is -2.36. The number of nitrogens with one attached hydrogen (secondary N) is 1. The smallest absolute Gasteiger partial charge is 0.307 e. The Kier molecular flexibility index (Phi) is 6.86. The Morgan fingerprint density at radius 1 is 1.17 bits per heavy atom. The van der Waals surface area contributed by atoms with Crippen molar-refractivity contribution in [2.45, 2.75) is 6.42 Å². The summed E-state index contributed by atoms with van der Waals surface area (Å²) >= 11 is 6.41. The Labute approximate surface area is 182 Å². The molecule has 1 fully saturated rings. The van der Waals surface area contributed by atoms with Crippen molar-refractivity contribution in [1.82, 2.24) is 4.90 Å². The molecular weight excluding hydrogens is 424 g/mol. The number of carboxylic acid groups (broad SMARTS) is 1. The lowest BCUT2D eigenvalue weighted by atomic mass is 10.1. The van der Waals surface area contributed by atoms with E-state index in [0.717, 1.165) is 17.3 Å². The summed E-state index contributed by atoms with van der Waals surface area (Å²) in [5.41, 5.74) is 1.96. The van der Waals surface area contributed by atoms with Crippen LogP contribution in [0.1, 0.15) is 11.1 Å². The summed E-state index contributed by atoms with van der Waals surface area (Å²) in [7, 11) is 1.58. The van der Waals surface area contributed by atoms with Crippen molar-refractivity contribution in [3.05, 3.63) is 64.6 Å². The zero-order valence-corrected chi connectivity index (χ0v) is 17.6. The molecule has 0 atom stereocenters. The third-order valence-electron chi connectivity index (χ3n) is 4.18. The normalized spacial score (nSPS) is 14.8. The largest absolute Gasteiger partial charge is 0.497 e. The van der Waals surface area contributed by atoms with E-state index in [1.165, 1.54) is 4.90 Å². The lowest BCUT2D eigenvalue weighted by Gasteiger charge is -2.14. The van der Waals surface area contributed by atoms with E-state index in [-0.39, 0.29) is 18.9 Å². The number of hydrogen-bond donors (Lipinski definition) is 2. The fourth-order valence-corrected chi connectivity index (χ4v) is 3.97. The number of rotatable bonds is 7. The van der Waals surface area contributed by atoms with E-state index in [4.69, 9.17) is 22.1 Å². The van der Waals surface area contributed by atoms with Gasteiger partial charge in [-0.25, -0.2) is 0 Å². The maximum absolute atomic E-state index is 12.7. The Balaban J connectivity index is 1.62. The van der Waals surface area contributed by atoms with Crippen LogP contribution in [0, 0.1) is 0 Å². The number of anilines is 1. The van der Waals surface area contributed by atoms with Crippen molar-refractivity contribution in [1.29, 1.82) is 0 Å². The predicted molar refractivity (Wildman–Crippen MR) is 119 cm³/mol. The molecule has 1 aliphatic heterocycles. The minimum Gasteiger partial charge on any atom is -0.497 e. The molecule has 2 amide bonds. The van der Waals surface area contributed by atoms with Crippen LogP contribution in [0.4, 0.5) is 5.69 Å². The van der Waals surface area contributed by atoms with Gasteiger partial charge in [0.2, 0.25) is 5.91 Å². The summed E-state index contributed by atoms with van der Waals surface area (Å²) in [5, 5.41) is 11.5. The topological polar surface area (TPSA) is 95.9 Å². The first-order valence-electron chi connectivity index (χ1n) is 8.85. The van der Waals surface area contributed by atoms with Gasteiger partial charge in [-0.1, -0.05) is 48.2 Å². The fraction of sp³-hybridized carbons (Fsp3) is 0.143. The molecule has 2 N–H and O–H groups in total. The number of thioether (sulfide) groups is 1. The molecule has 30 heavy (non-hydrogen) atoms. The van der Waals surface area contributed by atoms with Gasteiger partial charge in [-0.2, -0.15) is 0 Å². The molecule has 0 bridgehead atoms. The highest BCUT2D eigenvalue weighted by Gasteiger charge is 2.33. The number of amides is 2. The molecule has 2 aromatic rings. The Hall–Kier alpha value is -3.17. The molecule has 0 aliphatic carbocycles. The number of hydrogen-bond acceptors (Lipinski definition) is 6. The van der Waals surface area contributed by atoms with Crippen LogP contribution in [-0.4, -0.2) is 45.8 Å². The van der Waals surface area contributed by atoms with Crippen molar-refractivity contribution in [2.75, 3.05) is 19.0 Å². The van der Waals surface area contributed by atoms with Gasteiger partial charge in [-0.3, -0.25) is 19.3 Å². The predicted octanol–water partition coefficient (Wildman–Crippen LogP) is 3.16. The van der Waals surface area contributed by atoms with Crippen molar-refractivity contribution < 1.29 is 24.2 Å². The minimum atomic E-state index is -0.927. The lowest BCUT2D eigenvalue weighted by molar-refractivity contribution is -0.136. The molecule has 0 unspecified atom stereocenters. The molecule has 1 aliphatic rings.